The maximum atomic E-state index is 12.3. The molecule has 1 aromatic carbocycles. The zero-order chi connectivity index (χ0) is 19.2. The van der Waals surface area contributed by atoms with Crippen LogP contribution in [-0.4, -0.2) is 15.9 Å². The first-order valence-corrected chi connectivity index (χ1v) is 8.93. The van der Waals surface area contributed by atoms with Crippen LogP contribution in [0.1, 0.15) is 17.1 Å². The standard InChI is InChI=1S/C20H16N4O2S/c1-13-10-14(2)23-20(22-13)27-18-9-8-17(26-18)11-15(12-21)19(25)24-16-6-4-3-5-7-16/h3-11H,1-2H3,(H,24,25)/b15-11-. The molecule has 2 aromatic heterocycles. The highest BCUT2D eigenvalue weighted by molar-refractivity contribution is 7.99. The van der Waals surface area contributed by atoms with Gasteiger partial charge in [-0.15, -0.1) is 0 Å². The molecule has 0 saturated carbocycles. The third kappa shape index (κ3) is 5.06. The van der Waals surface area contributed by atoms with Crippen molar-refractivity contribution in [2.75, 3.05) is 5.32 Å². The van der Waals surface area contributed by atoms with Crippen LogP contribution in [0.5, 0.6) is 0 Å². The summed E-state index contributed by atoms with van der Waals surface area (Å²) in [5, 5.41) is 13.1. The van der Waals surface area contributed by atoms with E-state index in [2.05, 4.69) is 15.3 Å². The minimum atomic E-state index is -0.494. The molecule has 0 atom stereocenters. The van der Waals surface area contributed by atoms with Crippen LogP contribution in [0.15, 0.2) is 68.8 Å². The highest BCUT2D eigenvalue weighted by atomic mass is 32.2. The van der Waals surface area contributed by atoms with Crippen LogP contribution in [0.3, 0.4) is 0 Å². The SMILES string of the molecule is Cc1cc(C)nc(Sc2ccc(/C=C(/C#N)C(=O)Nc3ccccc3)o2)n1. The lowest BCUT2D eigenvalue weighted by Gasteiger charge is -2.03. The molecule has 0 fully saturated rings. The Labute approximate surface area is 161 Å². The minimum Gasteiger partial charge on any atom is -0.450 e. The summed E-state index contributed by atoms with van der Waals surface area (Å²) < 4.78 is 5.68. The average Bonchev–Trinajstić information content (AvgIpc) is 3.06. The third-order valence-corrected chi connectivity index (χ3v) is 4.22. The summed E-state index contributed by atoms with van der Waals surface area (Å²) in [6.45, 7) is 3.80. The first-order chi connectivity index (χ1) is 13.0. The summed E-state index contributed by atoms with van der Waals surface area (Å²) in [6.07, 6.45) is 1.41. The lowest BCUT2D eigenvalue weighted by Crippen LogP contribution is -2.13. The Balaban J connectivity index is 1.74. The number of para-hydroxylation sites is 1. The second kappa shape index (κ2) is 8.34. The number of hydrogen-bond acceptors (Lipinski definition) is 6. The maximum absolute atomic E-state index is 12.3. The Hall–Kier alpha value is -3.37. The maximum Gasteiger partial charge on any atom is 0.266 e. The van der Waals surface area contributed by atoms with Gasteiger partial charge in [0.25, 0.3) is 5.91 Å². The van der Waals surface area contributed by atoms with Gasteiger partial charge in [-0.2, -0.15) is 5.26 Å². The highest BCUT2D eigenvalue weighted by Crippen LogP contribution is 2.27. The van der Waals surface area contributed by atoms with Crippen LogP contribution in [0.4, 0.5) is 5.69 Å². The number of nitriles is 1. The van der Waals surface area contributed by atoms with E-state index < -0.39 is 5.91 Å². The molecule has 1 N–H and O–H groups in total. The van der Waals surface area contributed by atoms with E-state index in [1.807, 2.05) is 32.0 Å². The van der Waals surface area contributed by atoms with E-state index in [9.17, 15) is 10.1 Å². The molecule has 0 spiro atoms. The molecule has 0 unspecified atom stereocenters. The summed E-state index contributed by atoms with van der Waals surface area (Å²) >= 11 is 1.28. The summed E-state index contributed by atoms with van der Waals surface area (Å²) in [6, 6.07) is 16.2. The van der Waals surface area contributed by atoms with Gasteiger partial charge in [-0.25, -0.2) is 9.97 Å². The van der Waals surface area contributed by atoms with E-state index in [-0.39, 0.29) is 5.57 Å². The Kier molecular flexibility index (Phi) is 5.69. The molecule has 7 heteroatoms. The number of carbonyl (C=O) groups excluding carboxylic acids is 1. The van der Waals surface area contributed by atoms with Crippen molar-refractivity contribution in [2.24, 2.45) is 0 Å². The van der Waals surface area contributed by atoms with Gasteiger partial charge < -0.3 is 9.73 Å². The molecule has 6 nitrogen and oxygen atoms in total. The van der Waals surface area contributed by atoms with E-state index in [0.29, 0.717) is 21.7 Å². The second-order valence-corrected chi connectivity index (χ2v) is 6.65. The number of rotatable bonds is 5. The third-order valence-electron chi connectivity index (χ3n) is 3.44. The van der Waals surface area contributed by atoms with Crippen LogP contribution >= 0.6 is 11.8 Å². The molecule has 0 bridgehead atoms. The van der Waals surface area contributed by atoms with Gasteiger partial charge in [0, 0.05) is 23.2 Å². The van der Waals surface area contributed by atoms with Gasteiger partial charge in [0.05, 0.1) is 0 Å². The number of nitrogens with zero attached hydrogens (tertiary/aromatic N) is 3. The first-order valence-electron chi connectivity index (χ1n) is 8.11. The molecule has 27 heavy (non-hydrogen) atoms. The van der Waals surface area contributed by atoms with Gasteiger partial charge in [-0.3, -0.25) is 4.79 Å². The zero-order valence-electron chi connectivity index (χ0n) is 14.8. The monoisotopic (exact) mass is 376 g/mol. The van der Waals surface area contributed by atoms with Crippen molar-refractivity contribution < 1.29 is 9.21 Å². The van der Waals surface area contributed by atoms with Crippen LogP contribution in [-0.2, 0) is 4.79 Å². The normalized spacial score (nSPS) is 11.1. The first kappa shape index (κ1) is 18.4. The largest absolute Gasteiger partial charge is 0.450 e. The van der Waals surface area contributed by atoms with E-state index in [1.54, 1.807) is 36.4 Å². The number of anilines is 1. The van der Waals surface area contributed by atoms with Crippen molar-refractivity contribution in [1.82, 2.24) is 9.97 Å². The minimum absolute atomic E-state index is 0.0487. The topological polar surface area (TPSA) is 91.8 Å². The predicted octanol–water partition coefficient (Wildman–Crippen LogP) is 4.38. The molecular formula is C20H16N4O2S. The molecule has 0 aliphatic carbocycles. The molecule has 0 aliphatic rings. The van der Waals surface area contributed by atoms with Crippen molar-refractivity contribution >= 4 is 29.4 Å². The summed E-state index contributed by atoms with van der Waals surface area (Å²) in [4.78, 5) is 21.0. The van der Waals surface area contributed by atoms with Gasteiger partial charge in [-0.1, -0.05) is 18.2 Å². The Morgan fingerprint density at radius 1 is 1.15 bits per heavy atom. The molecule has 3 rings (SSSR count). The summed E-state index contributed by atoms with van der Waals surface area (Å²) in [5.41, 5.74) is 2.32. The number of carbonyl (C=O) groups is 1. The second-order valence-electron chi connectivity index (χ2n) is 5.68. The lowest BCUT2D eigenvalue weighted by atomic mass is 10.2. The van der Waals surface area contributed by atoms with Crippen molar-refractivity contribution in [3.8, 4) is 6.07 Å². The van der Waals surface area contributed by atoms with Gasteiger partial charge >= 0.3 is 0 Å². The molecule has 0 radical (unpaired) electrons. The number of aryl methyl sites for hydroxylation is 2. The number of amides is 1. The number of aromatic nitrogens is 2. The van der Waals surface area contributed by atoms with E-state index in [4.69, 9.17) is 4.42 Å². The van der Waals surface area contributed by atoms with Crippen molar-refractivity contribution in [3.05, 3.63) is 71.3 Å². The molecular weight excluding hydrogens is 360 g/mol. The van der Waals surface area contributed by atoms with Crippen LogP contribution in [0.25, 0.3) is 6.08 Å². The summed E-state index contributed by atoms with van der Waals surface area (Å²) in [7, 11) is 0. The fraction of sp³-hybridized carbons (Fsp3) is 0.100. The van der Waals surface area contributed by atoms with Crippen LogP contribution in [0.2, 0.25) is 0 Å². The van der Waals surface area contributed by atoms with Gasteiger partial charge in [0.15, 0.2) is 10.2 Å². The Morgan fingerprint density at radius 3 is 2.52 bits per heavy atom. The summed E-state index contributed by atoms with van der Waals surface area (Å²) in [5.74, 6) is -0.0893. The van der Waals surface area contributed by atoms with E-state index in [1.165, 1.54) is 17.8 Å². The quantitative estimate of drug-likeness (QED) is 0.403. The molecule has 2 heterocycles. The van der Waals surface area contributed by atoms with Crippen molar-refractivity contribution in [2.45, 2.75) is 24.1 Å². The highest BCUT2D eigenvalue weighted by Gasteiger charge is 2.12. The van der Waals surface area contributed by atoms with E-state index in [0.717, 1.165) is 11.4 Å². The molecule has 0 aliphatic heterocycles. The van der Waals surface area contributed by atoms with Crippen LogP contribution < -0.4 is 5.32 Å². The van der Waals surface area contributed by atoms with Gasteiger partial charge in [0.2, 0.25) is 0 Å². The van der Waals surface area contributed by atoms with Gasteiger partial charge in [-0.05, 0) is 55.9 Å². The fourth-order valence-electron chi connectivity index (χ4n) is 2.31. The number of hydrogen-bond donors (Lipinski definition) is 1. The Bertz CT molecular complexity index is 1020. The number of nitrogens with one attached hydrogen (secondary N) is 1. The molecule has 3 aromatic rings. The van der Waals surface area contributed by atoms with Gasteiger partial charge in [0.1, 0.15) is 17.4 Å². The Morgan fingerprint density at radius 2 is 1.85 bits per heavy atom. The van der Waals surface area contributed by atoms with Crippen molar-refractivity contribution in [3.63, 3.8) is 0 Å². The lowest BCUT2D eigenvalue weighted by molar-refractivity contribution is -0.112. The average molecular weight is 376 g/mol. The molecule has 134 valence electrons. The van der Waals surface area contributed by atoms with Crippen molar-refractivity contribution in [1.29, 1.82) is 5.26 Å². The fourth-order valence-corrected chi connectivity index (χ4v) is 3.14. The molecule has 1 amide bonds. The van der Waals surface area contributed by atoms with Crippen LogP contribution in [0, 0.1) is 25.2 Å². The predicted molar refractivity (Wildman–Crippen MR) is 103 cm³/mol. The molecule has 0 saturated heterocycles. The smallest absolute Gasteiger partial charge is 0.266 e. The number of furan rings is 1. The van der Waals surface area contributed by atoms with E-state index >= 15 is 0 Å². The zero-order valence-corrected chi connectivity index (χ0v) is 15.6. The number of benzene rings is 1.